The van der Waals surface area contributed by atoms with Gasteiger partial charge in [0.2, 0.25) is 0 Å². The van der Waals surface area contributed by atoms with E-state index in [1.54, 1.807) is 35.8 Å². The molecule has 1 atom stereocenters. The number of thiazole rings is 1. The van der Waals surface area contributed by atoms with Crippen LogP contribution in [0.4, 0.5) is 5.13 Å². The van der Waals surface area contributed by atoms with Gasteiger partial charge in [-0.2, -0.15) is 0 Å². The average Bonchev–Trinajstić information content (AvgIpc) is 3.30. The summed E-state index contributed by atoms with van der Waals surface area (Å²) in [7, 11) is 0. The third-order valence-corrected chi connectivity index (χ3v) is 5.60. The predicted molar refractivity (Wildman–Crippen MR) is 107 cm³/mol. The van der Waals surface area contributed by atoms with Crippen LogP contribution in [0.1, 0.15) is 17.2 Å². The van der Waals surface area contributed by atoms with Crippen molar-refractivity contribution < 1.29 is 14.7 Å². The number of ketones is 1. The molecular formula is C20H13BrN2O3S. The SMILES string of the molecule is O=C1C(=O)N(c2nccs2)[C@H](c2ccc(Br)cc2)C1=C(O)c1ccccc1. The Kier molecular flexibility index (Phi) is 4.63. The summed E-state index contributed by atoms with van der Waals surface area (Å²) < 4.78 is 0.875. The summed E-state index contributed by atoms with van der Waals surface area (Å²) in [5.74, 6) is -1.62. The van der Waals surface area contributed by atoms with Gasteiger partial charge in [0.15, 0.2) is 5.13 Å². The number of benzene rings is 2. The van der Waals surface area contributed by atoms with E-state index in [9.17, 15) is 14.7 Å². The van der Waals surface area contributed by atoms with Crippen molar-refractivity contribution in [3.05, 3.63) is 87.3 Å². The summed E-state index contributed by atoms with van der Waals surface area (Å²) in [6.07, 6.45) is 1.58. The summed E-state index contributed by atoms with van der Waals surface area (Å²) in [6, 6.07) is 15.3. The van der Waals surface area contributed by atoms with E-state index < -0.39 is 17.7 Å². The molecule has 0 saturated carbocycles. The van der Waals surface area contributed by atoms with Gasteiger partial charge >= 0.3 is 5.91 Å². The molecule has 1 amide bonds. The van der Waals surface area contributed by atoms with Gasteiger partial charge in [0.1, 0.15) is 5.76 Å². The van der Waals surface area contributed by atoms with E-state index in [-0.39, 0.29) is 11.3 Å². The largest absolute Gasteiger partial charge is 0.507 e. The lowest BCUT2D eigenvalue weighted by atomic mass is 9.95. The minimum atomic E-state index is -0.746. The molecule has 2 heterocycles. The Morgan fingerprint density at radius 3 is 2.41 bits per heavy atom. The molecule has 0 aliphatic carbocycles. The van der Waals surface area contributed by atoms with Crippen LogP contribution in [0, 0.1) is 0 Å². The van der Waals surface area contributed by atoms with Crippen LogP contribution in [0.25, 0.3) is 5.76 Å². The second kappa shape index (κ2) is 7.09. The molecule has 0 bridgehead atoms. The smallest absolute Gasteiger partial charge is 0.301 e. The number of rotatable bonds is 3. The van der Waals surface area contributed by atoms with Crippen LogP contribution in [0.3, 0.4) is 0 Å². The molecule has 5 nitrogen and oxygen atoms in total. The predicted octanol–water partition coefficient (Wildman–Crippen LogP) is 4.53. The van der Waals surface area contributed by atoms with Gasteiger partial charge in [-0.1, -0.05) is 58.4 Å². The Morgan fingerprint density at radius 1 is 1.07 bits per heavy atom. The molecule has 1 aliphatic rings. The normalized spacial score (nSPS) is 18.9. The summed E-state index contributed by atoms with van der Waals surface area (Å²) in [5, 5.41) is 13.0. The number of carbonyl (C=O) groups excluding carboxylic acids is 2. The number of carbonyl (C=O) groups is 2. The van der Waals surface area contributed by atoms with E-state index in [0.717, 1.165) is 4.47 Å². The lowest BCUT2D eigenvalue weighted by molar-refractivity contribution is -0.132. The molecule has 1 aromatic heterocycles. The molecule has 7 heteroatoms. The van der Waals surface area contributed by atoms with Crippen LogP contribution >= 0.6 is 27.3 Å². The highest BCUT2D eigenvalue weighted by atomic mass is 79.9. The number of aromatic nitrogens is 1. The first kappa shape index (κ1) is 17.6. The third kappa shape index (κ3) is 3.09. The molecule has 1 aliphatic heterocycles. The Hall–Kier alpha value is -2.77. The topological polar surface area (TPSA) is 70.5 Å². The van der Waals surface area contributed by atoms with Gasteiger partial charge in [-0.25, -0.2) is 4.98 Å². The molecule has 4 rings (SSSR count). The maximum atomic E-state index is 12.8. The van der Waals surface area contributed by atoms with Gasteiger partial charge in [0.05, 0.1) is 11.6 Å². The fourth-order valence-corrected chi connectivity index (χ4v) is 4.01. The molecule has 27 heavy (non-hydrogen) atoms. The molecule has 0 spiro atoms. The van der Waals surface area contributed by atoms with Gasteiger partial charge in [0, 0.05) is 21.6 Å². The van der Waals surface area contributed by atoms with E-state index in [0.29, 0.717) is 16.3 Å². The second-order valence-electron chi connectivity index (χ2n) is 5.90. The van der Waals surface area contributed by atoms with Gasteiger partial charge in [-0.15, -0.1) is 11.3 Å². The first-order chi connectivity index (χ1) is 13.1. The first-order valence-corrected chi connectivity index (χ1v) is 9.76. The molecular weight excluding hydrogens is 428 g/mol. The monoisotopic (exact) mass is 440 g/mol. The van der Waals surface area contributed by atoms with Crippen LogP contribution in [-0.4, -0.2) is 21.8 Å². The minimum Gasteiger partial charge on any atom is -0.507 e. The number of hydrogen-bond acceptors (Lipinski definition) is 5. The second-order valence-corrected chi connectivity index (χ2v) is 7.69. The zero-order valence-electron chi connectivity index (χ0n) is 13.9. The fourth-order valence-electron chi connectivity index (χ4n) is 3.08. The molecule has 0 radical (unpaired) electrons. The molecule has 1 fully saturated rings. The summed E-state index contributed by atoms with van der Waals surface area (Å²) in [5.41, 5.74) is 1.26. The van der Waals surface area contributed by atoms with Crippen molar-refractivity contribution in [2.45, 2.75) is 6.04 Å². The molecule has 1 N–H and O–H groups in total. The molecule has 134 valence electrons. The van der Waals surface area contributed by atoms with E-state index in [1.807, 2.05) is 30.3 Å². The number of halogens is 1. The van der Waals surface area contributed by atoms with Crippen molar-refractivity contribution in [1.29, 1.82) is 0 Å². The van der Waals surface area contributed by atoms with Crippen molar-refractivity contribution in [2.24, 2.45) is 0 Å². The van der Waals surface area contributed by atoms with Crippen LogP contribution in [0.5, 0.6) is 0 Å². The summed E-state index contributed by atoms with van der Waals surface area (Å²) in [4.78, 5) is 31.2. The van der Waals surface area contributed by atoms with E-state index >= 15 is 0 Å². The Labute approximate surface area is 167 Å². The van der Waals surface area contributed by atoms with Crippen molar-refractivity contribution in [3.63, 3.8) is 0 Å². The maximum absolute atomic E-state index is 12.8. The Morgan fingerprint density at radius 2 is 1.78 bits per heavy atom. The molecule has 3 aromatic rings. The highest BCUT2D eigenvalue weighted by Gasteiger charge is 2.47. The quantitative estimate of drug-likeness (QED) is 0.368. The molecule has 0 unspecified atom stereocenters. The molecule has 2 aromatic carbocycles. The van der Waals surface area contributed by atoms with Crippen molar-refractivity contribution >= 4 is 49.8 Å². The highest BCUT2D eigenvalue weighted by Crippen LogP contribution is 2.42. The van der Waals surface area contributed by atoms with E-state index in [4.69, 9.17) is 0 Å². The standard InChI is InChI=1S/C20H13BrN2O3S/c21-14-8-6-12(7-9-14)16-15(17(24)13-4-2-1-3-5-13)18(25)19(26)23(16)20-22-10-11-27-20/h1-11,16,24H/t16-/m1/s1. The van der Waals surface area contributed by atoms with Crippen LogP contribution in [-0.2, 0) is 9.59 Å². The fraction of sp³-hybridized carbons (Fsp3) is 0.0500. The van der Waals surface area contributed by atoms with Gasteiger partial charge in [-0.3, -0.25) is 14.5 Å². The van der Waals surface area contributed by atoms with Crippen LogP contribution < -0.4 is 4.90 Å². The molecule has 1 saturated heterocycles. The lowest BCUT2D eigenvalue weighted by Crippen LogP contribution is -2.29. The lowest BCUT2D eigenvalue weighted by Gasteiger charge is -2.23. The van der Waals surface area contributed by atoms with Crippen molar-refractivity contribution in [3.8, 4) is 0 Å². The number of anilines is 1. The number of Topliss-reactive ketones (excluding diaryl/α,β-unsaturated/α-hetero) is 1. The number of hydrogen-bond donors (Lipinski definition) is 1. The average molecular weight is 441 g/mol. The Bertz CT molecular complexity index is 1030. The Balaban J connectivity index is 1.94. The summed E-state index contributed by atoms with van der Waals surface area (Å²) >= 11 is 4.66. The maximum Gasteiger partial charge on any atom is 0.301 e. The van der Waals surface area contributed by atoms with Gasteiger partial charge in [0.25, 0.3) is 5.78 Å². The van der Waals surface area contributed by atoms with Crippen LogP contribution in [0.15, 0.2) is 76.2 Å². The zero-order valence-corrected chi connectivity index (χ0v) is 16.3. The highest BCUT2D eigenvalue weighted by molar-refractivity contribution is 9.10. The van der Waals surface area contributed by atoms with Gasteiger partial charge in [-0.05, 0) is 17.7 Å². The number of amides is 1. The van der Waals surface area contributed by atoms with Gasteiger partial charge < -0.3 is 5.11 Å². The minimum absolute atomic E-state index is 0.0590. The third-order valence-electron chi connectivity index (χ3n) is 4.30. The van der Waals surface area contributed by atoms with E-state index in [2.05, 4.69) is 20.9 Å². The first-order valence-electron chi connectivity index (χ1n) is 8.09. The summed E-state index contributed by atoms with van der Waals surface area (Å²) in [6.45, 7) is 0. The number of aliphatic hydroxyl groups excluding tert-OH is 1. The van der Waals surface area contributed by atoms with Crippen molar-refractivity contribution in [1.82, 2.24) is 4.98 Å². The zero-order chi connectivity index (χ0) is 19.0. The van der Waals surface area contributed by atoms with Crippen molar-refractivity contribution in [2.75, 3.05) is 4.90 Å². The number of nitrogens with zero attached hydrogens (tertiary/aromatic N) is 2. The van der Waals surface area contributed by atoms with E-state index in [1.165, 1.54) is 16.2 Å². The van der Waals surface area contributed by atoms with Crippen LogP contribution in [0.2, 0.25) is 0 Å². The number of aliphatic hydroxyl groups is 1.